The molecule has 0 aliphatic carbocycles. The van der Waals surface area contributed by atoms with Gasteiger partial charge in [-0.1, -0.05) is 48.0 Å². The van der Waals surface area contributed by atoms with Crippen LogP contribution in [0.15, 0.2) is 54.6 Å². The first kappa shape index (κ1) is 20.3. The summed E-state index contributed by atoms with van der Waals surface area (Å²) < 4.78 is 1.70. The summed E-state index contributed by atoms with van der Waals surface area (Å²) in [6.45, 7) is 1.99. The Hall–Kier alpha value is -3.48. The topological polar surface area (TPSA) is 71.3 Å². The summed E-state index contributed by atoms with van der Waals surface area (Å²) in [6.07, 6.45) is 0.537. The maximum Gasteiger partial charge on any atom is 0.293 e. The third kappa shape index (κ3) is 4.87. The maximum atomic E-state index is 12.8. The Bertz CT molecular complexity index is 994. The molecule has 2 aromatic carbocycles. The lowest BCUT2D eigenvalue weighted by atomic mass is 10.1. The molecule has 29 heavy (non-hydrogen) atoms. The Morgan fingerprint density at radius 3 is 2.24 bits per heavy atom. The maximum absolute atomic E-state index is 12.8. The summed E-state index contributed by atoms with van der Waals surface area (Å²) in [4.78, 5) is 32.1. The van der Waals surface area contributed by atoms with Gasteiger partial charge in [-0.25, -0.2) is 9.67 Å². The normalized spacial score (nSPS) is 10.6. The van der Waals surface area contributed by atoms with Gasteiger partial charge in [0.2, 0.25) is 11.7 Å². The molecule has 1 aromatic heterocycles. The van der Waals surface area contributed by atoms with Crippen molar-refractivity contribution in [3.05, 3.63) is 77.4 Å². The second kappa shape index (κ2) is 8.68. The lowest BCUT2D eigenvalue weighted by Crippen LogP contribution is -2.38. The summed E-state index contributed by atoms with van der Waals surface area (Å²) >= 11 is 0. The Morgan fingerprint density at radius 1 is 0.966 bits per heavy atom. The predicted molar refractivity (Wildman–Crippen MR) is 111 cm³/mol. The number of rotatable bonds is 6. The molecule has 0 aliphatic rings. The number of likely N-dealkylation sites (N-methyl/N-ethyl adjacent to an activating group) is 2. The summed E-state index contributed by atoms with van der Waals surface area (Å²) in [6, 6.07) is 17.8. The van der Waals surface area contributed by atoms with Gasteiger partial charge in [-0.2, -0.15) is 0 Å². The number of benzene rings is 2. The minimum atomic E-state index is -0.389. The van der Waals surface area contributed by atoms with E-state index in [1.807, 2.05) is 61.5 Å². The fourth-order valence-electron chi connectivity index (χ4n) is 2.81. The van der Waals surface area contributed by atoms with Gasteiger partial charge in [-0.3, -0.25) is 9.59 Å². The van der Waals surface area contributed by atoms with Crippen molar-refractivity contribution in [2.45, 2.75) is 13.3 Å². The van der Waals surface area contributed by atoms with Crippen LogP contribution in [0.5, 0.6) is 0 Å². The highest BCUT2D eigenvalue weighted by atomic mass is 16.2. The summed E-state index contributed by atoms with van der Waals surface area (Å²) in [5.74, 6) is 0.185. The van der Waals surface area contributed by atoms with Gasteiger partial charge >= 0.3 is 0 Å². The van der Waals surface area contributed by atoms with Crippen molar-refractivity contribution in [1.29, 1.82) is 0 Å². The van der Waals surface area contributed by atoms with Crippen molar-refractivity contribution in [2.75, 3.05) is 27.7 Å². The molecule has 7 nitrogen and oxygen atoms in total. The van der Waals surface area contributed by atoms with Crippen LogP contribution >= 0.6 is 0 Å². The number of aryl methyl sites for hydroxylation is 1. The number of carbonyl (C=O) groups excluding carboxylic acids is 2. The Balaban J connectivity index is 1.94. The predicted octanol–water partition coefficient (Wildman–Crippen LogP) is 2.33. The highest BCUT2D eigenvalue weighted by Gasteiger charge is 2.22. The second-order valence-electron chi connectivity index (χ2n) is 7.21. The van der Waals surface area contributed by atoms with Crippen LogP contribution in [-0.4, -0.2) is 64.1 Å². The SMILES string of the molecule is Cc1ccc(-n2nc(C(=O)N(C)CC(=O)N(C)C)nc2Cc2ccccc2)cc1. The Morgan fingerprint density at radius 2 is 1.62 bits per heavy atom. The number of nitrogens with zero attached hydrogens (tertiary/aromatic N) is 5. The van der Waals surface area contributed by atoms with Crippen LogP contribution in [0.25, 0.3) is 5.69 Å². The van der Waals surface area contributed by atoms with Crippen LogP contribution in [0, 0.1) is 6.92 Å². The molecular formula is C22H25N5O2. The first-order valence-corrected chi connectivity index (χ1v) is 9.37. The van der Waals surface area contributed by atoms with Gasteiger partial charge in [-0.05, 0) is 24.6 Å². The minimum absolute atomic E-state index is 0.0288. The van der Waals surface area contributed by atoms with Gasteiger partial charge in [0.05, 0.1) is 12.2 Å². The largest absolute Gasteiger partial charge is 0.347 e. The fraction of sp³-hybridized carbons (Fsp3) is 0.273. The number of amides is 2. The Kier molecular flexibility index (Phi) is 6.07. The van der Waals surface area contributed by atoms with E-state index in [1.165, 1.54) is 9.80 Å². The van der Waals surface area contributed by atoms with Crippen molar-refractivity contribution in [3.63, 3.8) is 0 Å². The van der Waals surface area contributed by atoms with Crippen LogP contribution in [0.2, 0.25) is 0 Å². The van der Waals surface area contributed by atoms with Crippen LogP contribution < -0.4 is 0 Å². The number of aromatic nitrogens is 3. The molecule has 0 saturated carbocycles. The quantitative estimate of drug-likeness (QED) is 0.647. The van der Waals surface area contributed by atoms with Gasteiger partial charge in [0.15, 0.2) is 0 Å². The van der Waals surface area contributed by atoms with Gasteiger partial charge in [0, 0.05) is 27.6 Å². The number of carbonyl (C=O) groups is 2. The van der Waals surface area contributed by atoms with E-state index >= 15 is 0 Å². The first-order valence-electron chi connectivity index (χ1n) is 9.37. The van der Waals surface area contributed by atoms with Crippen molar-refractivity contribution in [2.24, 2.45) is 0 Å². The van der Waals surface area contributed by atoms with Gasteiger partial charge in [-0.15, -0.1) is 5.10 Å². The molecule has 0 spiro atoms. The van der Waals surface area contributed by atoms with E-state index in [4.69, 9.17) is 0 Å². The highest BCUT2D eigenvalue weighted by Crippen LogP contribution is 2.15. The molecule has 150 valence electrons. The lowest BCUT2D eigenvalue weighted by molar-refractivity contribution is -0.129. The highest BCUT2D eigenvalue weighted by molar-refractivity contribution is 5.93. The lowest BCUT2D eigenvalue weighted by Gasteiger charge is -2.17. The molecule has 3 aromatic rings. The molecule has 3 rings (SSSR count). The van der Waals surface area contributed by atoms with E-state index < -0.39 is 0 Å². The molecule has 0 unspecified atom stereocenters. The van der Waals surface area contributed by atoms with Gasteiger partial charge in [0.1, 0.15) is 5.82 Å². The Labute approximate surface area is 170 Å². The van der Waals surface area contributed by atoms with Crippen molar-refractivity contribution in [1.82, 2.24) is 24.6 Å². The molecule has 0 N–H and O–H groups in total. The fourth-order valence-corrected chi connectivity index (χ4v) is 2.81. The molecule has 0 atom stereocenters. The molecule has 0 radical (unpaired) electrons. The van der Waals surface area contributed by atoms with E-state index in [9.17, 15) is 9.59 Å². The molecule has 0 aliphatic heterocycles. The zero-order chi connectivity index (χ0) is 21.0. The van der Waals surface area contributed by atoms with Crippen molar-refractivity contribution < 1.29 is 9.59 Å². The minimum Gasteiger partial charge on any atom is -0.347 e. The molecule has 1 heterocycles. The molecule has 0 fully saturated rings. The summed E-state index contributed by atoms with van der Waals surface area (Å²) in [5, 5.41) is 4.47. The zero-order valence-corrected chi connectivity index (χ0v) is 17.2. The summed E-state index contributed by atoms with van der Waals surface area (Å²) in [5.41, 5.74) is 3.04. The summed E-state index contributed by atoms with van der Waals surface area (Å²) in [7, 11) is 4.89. The van der Waals surface area contributed by atoms with E-state index in [0.29, 0.717) is 12.2 Å². The van der Waals surface area contributed by atoms with E-state index in [-0.39, 0.29) is 24.2 Å². The van der Waals surface area contributed by atoms with Crippen molar-refractivity contribution in [3.8, 4) is 5.69 Å². The second-order valence-corrected chi connectivity index (χ2v) is 7.21. The monoisotopic (exact) mass is 391 g/mol. The molecule has 0 saturated heterocycles. The van der Waals surface area contributed by atoms with Gasteiger partial charge < -0.3 is 9.80 Å². The van der Waals surface area contributed by atoms with Crippen LogP contribution in [0.1, 0.15) is 27.6 Å². The standard InChI is InChI=1S/C22H25N5O2/c1-16-10-12-18(13-11-16)27-19(14-17-8-6-5-7-9-17)23-21(24-27)22(29)26(4)15-20(28)25(2)3/h5-13H,14-15H2,1-4H3. The van der Waals surface area contributed by atoms with Crippen LogP contribution in [0.4, 0.5) is 0 Å². The average Bonchev–Trinajstić information content (AvgIpc) is 3.12. The molecule has 0 bridgehead atoms. The molecule has 2 amide bonds. The average molecular weight is 391 g/mol. The molecule has 7 heteroatoms. The number of hydrogen-bond donors (Lipinski definition) is 0. The van der Waals surface area contributed by atoms with Crippen LogP contribution in [0.3, 0.4) is 0 Å². The smallest absolute Gasteiger partial charge is 0.293 e. The van der Waals surface area contributed by atoms with Gasteiger partial charge in [0.25, 0.3) is 5.91 Å². The third-order valence-electron chi connectivity index (χ3n) is 4.57. The van der Waals surface area contributed by atoms with E-state index in [2.05, 4.69) is 10.1 Å². The van der Waals surface area contributed by atoms with Crippen molar-refractivity contribution >= 4 is 11.8 Å². The number of hydrogen-bond acceptors (Lipinski definition) is 4. The van der Waals surface area contributed by atoms with E-state index in [1.54, 1.807) is 25.8 Å². The molecular weight excluding hydrogens is 366 g/mol. The third-order valence-corrected chi connectivity index (χ3v) is 4.57. The zero-order valence-electron chi connectivity index (χ0n) is 17.2. The van der Waals surface area contributed by atoms with E-state index in [0.717, 1.165) is 16.8 Å². The van der Waals surface area contributed by atoms with Crippen LogP contribution in [-0.2, 0) is 11.2 Å². The first-order chi connectivity index (χ1) is 13.8.